The van der Waals surface area contributed by atoms with Crippen LogP contribution in [-0.4, -0.2) is 30.5 Å². The number of nitrogens with one attached hydrogen (secondary N) is 1. The zero-order valence-electron chi connectivity index (χ0n) is 11.1. The van der Waals surface area contributed by atoms with E-state index in [1.165, 1.54) is 0 Å². The van der Waals surface area contributed by atoms with Crippen LogP contribution >= 0.6 is 11.6 Å². The normalized spacial score (nSPS) is 26.4. The van der Waals surface area contributed by atoms with Crippen molar-refractivity contribution in [3.63, 3.8) is 0 Å². The summed E-state index contributed by atoms with van der Waals surface area (Å²) >= 11 is 5.58. The molecule has 0 heterocycles. The molecule has 1 N–H and O–H groups in total. The van der Waals surface area contributed by atoms with Gasteiger partial charge >= 0.3 is 0 Å². The molecule has 1 aliphatic rings. The molecule has 4 heteroatoms. The maximum Gasteiger partial charge on any atom is 0.220 e. The van der Waals surface area contributed by atoms with Crippen LogP contribution in [0.3, 0.4) is 0 Å². The molecule has 0 radical (unpaired) electrons. The topological polar surface area (TPSA) is 38.3 Å². The number of alkyl halides is 1. The lowest BCUT2D eigenvalue weighted by atomic mass is 9.64. The van der Waals surface area contributed by atoms with Crippen LogP contribution in [0.2, 0.25) is 0 Å². The third-order valence-corrected chi connectivity index (χ3v) is 3.94. The highest BCUT2D eigenvalue weighted by Gasteiger charge is 2.49. The van der Waals surface area contributed by atoms with Crippen molar-refractivity contribution in [1.29, 1.82) is 0 Å². The Morgan fingerprint density at radius 1 is 1.47 bits per heavy atom. The van der Waals surface area contributed by atoms with Gasteiger partial charge < -0.3 is 10.1 Å². The molecule has 0 aromatic carbocycles. The fourth-order valence-corrected chi connectivity index (χ4v) is 2.45. The van der Waals surface area contributed by atoms with Crippen molar-refractivity contribution in [1.82, 2.24) is 5.32 Å². The van der Waals surface area contributed by atoms with Gasteiger partial charge in [-0.1, -0.05) is 13.8 Å². The van der Waals surface area contributed by atoms with E-state index in [9.17, 15) is 4.79 Å². The number of hydrogen-bond acceptors (Lipinski definition) is 2. The Kier molecular flexibility index (Phi) is 5.74. The summed E-state index contributed by atoms with van der Waals surface area (Å²) in [6, 6.07) is 0.252. The number of rotatable bonds is 7. The minimum absolute atomic E-state index is 0.0537. The largest absolute Gasteiger partial charge is 0.378 e. The van der Waals surface area contributed by atoms with Gasteiger partial charge in [-0.2, -0.15) is 0 Å². The first kappa shape index (κ1) is 14.8. The van der Waals surface area contributed by atoms with E-state index in [4.69, 9.17) is 16.3 Å². The number of amides is 1. The number of hydrogen-bond donors (Lipinski definition) is 1. The van der Waals surface area contributed by atoms with Crippen LogP contribution in [0.25, 0.3) is 0 Å². The lowest BCUT2D eigenvalue weighted by Gasteiger charge is -2.51. The molecule has 3 nitrogen and oxygen atoms in total. The molecular weight excluding hydrogens is 238 g/mol. The first-order valence-corrected chi connectivity index (χ1v) is 7.02. The van der Waals surface area contributed by atoms with Gasteiger partial charge in [0.2, 0.25) is 5.91 Å². The second-order valence-corrected chi connectivity index (χ2v) is 5.65. The molecule has 0 spiro atoms. The summed E-state index contributed by atoms with van der Waals surface area (Å²) in [5.74, 6) is 0.775. The van der Waals surface area contributed by atoms with Gasteiger partial charge in [-0.3, -0.25) is 4.79 Å². The Morgan fingerprint density at radius 2 is 2.18 bits per heavy atom. The average molecular weight is 262 g/mol. The van der Waals surface area contributed by atoms with E-state index in [1.54, 1.807) is 0 Å². The SMILES string of the molecule is CCOC1CC(NC(=O)CCCCCl)C1(C)C. The van der Waals surface area contributed by atoms with Crippen molar-refractivity contribution in [2.24, 2.45) is 5.41 Å². The van der Waals surface area contributed by atoms with Crippen molar-refractivity contribution < 1.29 is 9.53 Å². The van der Waals surface area contributed by atoms with E-state index in [0.717, 1.165) is 25.9 Å². The van der Waals surface area contributed by atoms with Crippen LogP contribution in [0.5, 0.6) is 0 Å². The second kappa shape index (κ2) is 6.60. The molecule has 0 bridgehead atoms. The fourth-order valence-electron chi connectivity index (χ4n) is 2.26. The fraction of sp³-hybridized carbons (Fsp3) is 0.923. The van der Waals surface area contributed by atoms with Gasteiger partial charge in [-0.25, -0.2) is 0 Å². The number of unbranched alkanes of at least 4 members (excludes halogenated alkanes) is 1. The molecule has 1 rings (SSSR count). The van der Waals surface area contributed by atoms with Gasteiger partial charge in [0.15, 0.2) is 0 Å². The van der Waals surface area contributed by atoms with Crippen molar-refractivity contribution in [3.05, 3.63) is 0 Å². The Balaban J connectivity index is 2.27. The summed E-state index contributed by atoms with van der Waals surface area (Å²) < 4.78 is 5.63. The smallest absolute Gasteiger partial charge is 0.220 e. The quantitative estimate of drug-likeness (QED) is 0.565. The molecule has 17 heavy (non-hydrogen) atoms. The third-order valence-electron chi connectivity index (χ3n) is 3.67. The molecule has 1 saturated carbocycles. The molecule has 1 amide bonds. The highest BCUT2D eigenvalue weighted by atomic mass is 35.5. The van der Waals surface area contributed by atoms with E-state index in [-0.39, 0.29) is 23.5 Å². The van der Waals surface area contributed by atoms with Crippen LogP contribution < -0.4 is 5.32 Å². The van der Waals surface area contributed by atoms with Gasteiger partial charge in [-0.15, -0.1) is 11.6 Å². The predicted molar refractivity (Wildman–Crippen MR) is 70.3 cm³/mol. The highest BCUT2D eigenvalue weighted by Crippen LogP contribution is 2.42. The van der Waals surface area contributed by atoms with Crippen LogP contribution in [0.4, 0.5) is 0 Å². The number of ether oxygens (including phenoxy) is 1. The minimum Gasteiger partial charge on any atom is -0.378 e. The molecule has 2 unspecified atom stereocenters. The van der Waals surface area contributed by atoms with Crippen LogP contribution in [0.1, 0.15) is 46.5 Å². The molecule has 0 aromatic heterocycles. The molecule has 0 aromatic rings. The summed E-state index contributed by atoms with van der Waals surface area (Å²) in [7, 11) is 0. The third kappa shape index (κ3) is 3.85. The van der Waals surface area contributed by atoms with E-state index in [1.807, 2.05) is 6.92 Å². The van der Waals surface area contributed by atoms with E-state index in [0.29, 0.717) is 12.3 Å². The van der Waals surface area contributed by atoms with Crippen molar-refractivity contribution in [2.45, 2.75) is 58.6 Å². The Labute approximate surface area is 109 Å². The zero-order chi connectivity index (χ0) is 12.9. The molecule has 0 saturated heterocycles. The van der Waals surface area contributed by atoms with Crippen molar-refractivity contribution >= 4 is 17.5 Å². The lowest BCUT2D eigenvalue weighted by Crippen LogP contribution is -2.62. The minimum atomic E-state index is 0.0537. The highest BCUT2D eigenvalue weighted by molar-refractivity contribution is 6.17. The standard InChI is InChI=1S/C13H24ClNO2/c1-4-17-11-9-10(13(11,2)3)15-12(16)7-5-6-8-14/h10-11H,4-9H2,1-3H3,(H,15,16). The predicted octanol–water partition coefficient (Wildman–Crippen LogP) is 2.72. The Morgan fingerprint density at radius 3 is 2.71 bits per heavy atom. The van der Waals surface area contributed by atoms with Crippen molar-refractivity contribution in [3.8, 4) is 0 Å². The molecule has 100 valence electrons. The van der Waals surface area contributed by atoms with Gasteiger partial charge in [0.25, 0.3) is 0 Å². The van der Waals surface area contributed by atoms with E-state index < -0.39 is 0 Å². The first-order valence-electron chi connectivity index (χ1n) is 6.49. The number of carbonyl (C=O) groups excluding carboxylic acids is 1. The van der Waals surface area contributed by atoms with Gasteiger partial charge in [0.05, 0.1) is 6.10 Å². The van der Waals surface area contributed by atoms with Crippen molar-refractivity contribution in [2.75, 3.05) is 12.5 Å². The average Bonchev–Trinajstić information content (AvgIpc) is 2.28. The van der Waals surface area contributed by atoms with Crippen LogP contribution in [-0.2, 0) is 9.53 Å². The van der Waals surface area contributed by atoms with Crippen LogP contribution in [0, 0.1) is 5.41 Å². The monoisotopic (exact) mass is 261 g/mol. The lowest BCUT2D eigenvalue weighted by molar-refractivity contribution is -0.136. The summed E-state index contributed by atoms with van der Waals surface area (Å²) in [6.45, 7) is 7.06. The molecular formula is C13H24ClNO2. The molecule has 2 atom stereocenters. The molecule has 1 aliphatic carbocycles. The number of halogens is 1. The zero-order valence-corrected chi connectivity index (χ0v) is 11.8. The Bertz CT molecular complexity index is 256. The summed E-state index contributed by atoms with van der Waals surface area (Å²) in [5, 5.41) is 3.09. The van der Waals surface area contributed by atoms with Gasteiger partial charge in [0, 0.05) is 30.4 Å². The van der Waals surface area contributed by atoms with E-state index in [2.05, 4.69) is 19.2 Å². The number of carbonyl (C=O) groups is 1. The second-order valence-electron chi connectivity index (χ2n) is 5.27. The van der Waals surface area contributed by atoms with Gasteiger partial charge in [-0.05, 0) is 26.2 Å². The molecule has 0 aliphatic heterocycles. The maximum atomic E-state index is 11.7. The summed E-state index contributed by atoms with van der Waals surface area (Å²) in [5.41, 5.74) is 0.0537. The van der Waals surface area contributed by atoms with Gasteiger partial charge in [0.1, 0.15) is 0 Å². The summed E-state index contributed by atoms with van der Waals surface area (Å²) in [4.78, 5) is 11.7. The summed E-state index contributed by atoms with van der Waals surface area (Å²) in [6.07, 6.45) is 3.57. The first-order chi connectivity index (χ1) is 8.02. The maximum absolute atomic E-state index is 11.7. The van der Waals surface area contributed by atoms with Crippen LogP contribution in [0.15, 0.2) is 0 Å². The Hall–Kier alpha value is -0.280. The van der Waals surface area contributed by atoms with E-state index >= 15 is 0 Å². The molecule has 1 fully saturated rings.